The van der Waals surface area contributed by atoms with Crippen LogP contribution in [0, 0.1) is 11.3 Å². The number of fused-ring (bicyclic) bond motifs is 1. The standard InChI is InChI=1S/C19H25N5O3S2/c1-3-24-16-8-7-14(29(21,26)27)11-15(16)22-18(24)28-12-17(25)23(2)19(13-20)9-5-4-6-10-19/h7-8,11H,3-6,9-10,12H2,1-2H3,(H2,21,26,27). The highest BCUT2D eigenvalue weighted by Gasteiger charge is 2.38. The summed E-state index contributed by atoms with van der Waals surface area (Å²) in [4.78, 5) is 18.9. The van der Waals surface area contributed by atoms with E-state index in [4.69, 9.17) is 5.14 Å². The van der Waals surface area contributed by atoms with E-state index in [1.54, 1.807) is 18.0 Å². The van der Waals surface area contributed by atoms with Crippen LogP contribution in [0.2, 0.25) is 0 Å². The topological polar surface area (TPSA) is 122 Å². The highest BCUT2D eigenvalue weighted by Crippen LogP contribution is 2.33. The number of rotatable bonds is 6. The Morgan fingerprint density at radius 3 is 2.66 bits per heavy atom. The third-order valence-electron chi connectivity index (χ3n) is 5.56. The Hall–Kier alpha value is -2.09. The highest BCUT2D eigenvalue weighted by atomic mass is 32.2. The number of carbonyl (C=O) groups is 1. The van der Waals surface area contributed by atoms with Gasteiger partial charge in [-0.3, -0.25) is 4.79 Å². The minimum absolute atomic E-state index is 0.00590. The van der Waals surface area contributed by atoms with Gasteiger partial charge in [0.15, 0.2) is 5.16 Å². The number of benzene rings is 1. The Morgan fingerprint density at radius 1 is 1.38 bits per heavy atom. The molecule has 1 aromatic carbocycles. The molecule has 1 heterocycles. The zero-order chi connectivity index (χ0) is 21.2. The predicted molar refractivity (Wildman–Crippen MR) is 112 cm³/mol. The van der Waals surface area contributed by atoms with Crippen molar-refractivity contribution in [3.8, 4) is 6.07 Å². The van der Waals surface area contributed by atoms with Gasteiger partial charge in [-0.05, 0) is 38.0 Å². The maximum absolute atomic E-state index is 12.8. The van der Waals surface area contributed by atoms with Gasteiger partial charge in [-0.1, -0.05) is 31.0 Å². The lowest BCUT2D eigenvalue weighted by Crippen LogP contribution is -2.50. The Morgan fingerprint density at radius 2 is 2.07 bits per heavy atom. The van der Waals surface area contributed by atoms with E-state index in [1.165, 1.54) is 23.9 Å². The lowest BCUT2D eigenvalue weighted by molar-refractivity contribution is -0.131. The molecule has 0 atom stereocenters. The Labute approximate surface area is 175 Å². The number of sulfonamides is 1. The minimum Gasteiger partial charge on any atom is -0.326 e. The van der Waals surface area contributed by atoms with E-state index >= 15 is 0 Å². The fourth-order valence-electron chi connectivity index (χ4n) is 3.80. The van der Waals surface area contributed by atoms with Gasteiger partial charge >= 0.3 is 0 Å². The number of aryl methyl sites for hydroxylation is 1. The van der Waals surface area contributed by atoms with Gasteiger partial charge in [-0.2, -0.15) is 5.26 Å². The van der Waals surface area contributed by atoms with Crippen molar-refractivity contribution in [2.24, 2.45) is 5.14 Å². The fraction of sp³-hybridized carbons (Fsp3) is 0.526. The van der Waals surface area contributed by atoms with Crippen LogP contribution in [-0.2, 0) is 21.4 Å². The second kappa shape index (κ2) is 8.34. The molecule has 1 aliphatic rings. The normalized spacial score (nSPS) is 16.5. The summed E-state index contributed by atoms with van der Waals surface area (Å²) in [7, 11) is -2.10. The summed E-state index contributed by atoms with van der Waals surface area (Å²) in [5.74, 6) is 0.0454. The molecular formula is C19H25N5O3S2. The lowest BCUT2D eigenvalue weighted by atomic mass is 9.81. The number of imidazole rings is 1. The lowest BCUT2D eigenvalue weighted by Gasteiger charge is -2.39. The van der Waals surface area contributed by atoms with Gasteiger partial charge in [0.05, 0.1) is 27.8 Å². The first kappa shape index (κ1) is 21.6. The van der Waals surface area contributed by atoms with Gasteiger partial charge in [0.2, 0.25) is 15.9 Å². The van der Waals surface area contributed by atoms with Crippen LogP contribution in [0.25, 0.3) is 11.0 Å². The molecule has 1 aromatic heterocycles. The van der Waals surface area contributed by atoms with E-state index < -0.39 is 15.6 Å². The van der Waals surface area contributed by atoms with Gasteiger partial charge < -0.3 is 9.47 Å². The van der Waals surface area contributed by atoms with Crippen molar-refractivity contribution in [3.05, 3.63) is 18.2 Å². The van der Waals surface area contributed by atoms with Crippen LogP contribution in [-0.4, -0.2) is 47.1 Å². The molecule has 10 heteroatoms. The van der Waals surface area contributed by atoms with Crippen molar-refractivity contribution >= 4 is 38.7 Å². The van der Waals surface area contributed by atoms with Crippen molar-refractivity contribution in [2.75, 3.05) is 12.8 Å². The molecular weight excluding hydrogens is 410 g/mol. The fourth-order valence-corrected chi connectivity index (χ4v) is 5.33. The van der Waals surface area contributed by atoms with Crippen LogP contribution < -0.4 is 5.14 Å². The molecule has 2 N–H and O–H groups in total. The van der Waals surface area contributed by atoms with Crippen LogP contribution in [0.5, 0.6) is 0 Å². The first-order valence-corrected chi connectivity index (χ1v) is 12.1. The zero-order valence-corrected chi connectivity index (χ0v) is 18.2. The Balaban J connectivity index is 1.81. The summed E-state index contributed by atoms with van der Waals surface area (Å²) in [5.41, 5.74) is 0.581. The zero-order valence-electron chi connectivity index (χ0n) is 16.6. The van der Waals surface area contributed by atoms with Gasteiger partial charge in [-0.15, -0.1) is 0 Å². The van der Waals surface area contributed by atoms with Crippen LogP contribution in [0.4, 0.5) is 0 Å². The number of aromatic nitrogens is 2. The van der Waals surface area contributed by atoms with E-state index in [1.807, 2.05) is 11.5 Å². The smallest absolute Gasteiger partial charge is 0.238 e. The molecule has 0 saturated heterocycles. The molecule has 0 spiro atoms. The quantitative estimate of drug-likeness (QED) is 0.696. The molecule has 1 saturated carbocycles. The molecule has 29 heavy (non-hydrogen) atoms. The molecule has 0 aliphatic heterocycles. The molecule has 0 unspecified atom stereocenters. The molecule has 0 bridgehead atoms. The SMILES string of the molecule is CCn1c(SCC(=O)N(C)C2(C#N)CCCCC2)nc2cc(S(N)(=O)=O)ccc21. The molecule has 0 radical (unpaired) electrons. The molecule has 1 aliphatic carbocycles. The second-order valence-electron chi connectivity index (χ2n) is 7.28. The summed E-state index contributed by atoms with van der Waals surface area (Å²) in [6.45, 7) is 2.58. The third-order valence-corrected chi connectivity index (χ3v) is 7.43. The number of carbonyl (C=O) groups excluding carboxylic acids is 1. The van der Waals surface area contributed by atoms with Crippen LogP contribution >= 0.6 is 11.8 Å². The maximum Gasteiger partial charge on any atom is 0.238 e. The van der Waals surface area contributed by atoms with E-state index in [9.17, 15) is 18.5 Å². The highest BCUT2D eigenvalue weighted by molar-refractivity contribution is 7.99. The minimum atomic E-state index is -3.81. The van der Waals surface area contributed by atoms with Crippen molar-refractivity contribution < 1.29 is 13.2 Å². The maximum atomic E-state index is 12.8. The largest absolute Gasteiger partial charge is 0.326 e. The number of thioether (sulfide) groups is 1. The second-order valence-corrected chi connectivity index (χ2v) is 9.78. The first-order chi connectivity index (χ1) is 13.7. The van der Waals surface area contributed by atoms with Crippen molar-refractivity contribution in [3.63, 3.8) is 0 Å². The number of primary sulfonamides is 1. The number of nitriles is 1. The number of hydrogen-bond acceptors (Lipinski definition) is 6. The average Bonchev–Trinajstić information content (AvgIpc) is 3.07. The van der Waals surface area contributed by atoms with E-state index in [-0.39, 0.29) is 16.6 Å². The van der Waals surface area contributed by atoms with Crippen molar-refractivity contribution in [1.29, 1.82) is 5.26 Å². The van der Waals surface area contributed by atoms with E-state index in [0.29, 0.717) is 30.1 Å². The van der Waals surface area contributed by atoms with Gasteiger partial charge in [-0.25, -0.2) is 18.5 Å². The Bertz CT molecular complexity index is 1070. The first-order valence-electron chi connectivity index (χ1n) is 9.55. The van der Waals surface area contributed by atoms with Crippen molar-refractivity contribution in [2.45, 2.75) is 61.2 Å². The predicted octanol–water partition coefficient (Wildman–Crippen LogP) is 2.48. The van der Waals surface area contributed by atoms with E-state index in [2.05, 4.69) is 11.1 Å². The molecule has 156 valence electrons. The van der Waals surface area contributed by atoms with E-state index in [0.717, 1.165) is 24.8 Å². The number of nitrogens with two attached hydrogens (primary N) is 1. The number of hydrogen-bond donors (Lipinski definition) is 1. The van der Waals surface area contributed by atoms with Crippen molar-refractivity contribution in [1.82, 2.24) is 14.5 Å². The summed E-state index contributed by atoms with van der Waals surface area (Å²) in [6.07, 6.45) is 4.42. The van der Waals surface area contributed by atoms with Gasteiger partial charge in [0, 0.05) is 13.6 Å². The average molecular weight is 436 g/mol. The molecule has 8 nitrogen and oxygen atoms in total. The number of amides is 1. The summed E-state index contributed by atoms with van der Waals surface area (Å²) < 4.78 is 25.1. The molecule has 2 aromatic rings. The monoisotopic (exact) mass is 435 g/mol. The molecule has 1 fully saturated rings. The van der Waals surface area contributed by atoms with Crippen LogP contribution in [0.15, 0.2) is 28.3 Å². The molecule has 3 rings (SSSR count). The molecule has 1 amide bonds. The number of nitrogens with zero attached hydrogens (tertiary/aromatic N) is 4. The summed E-state index contributed by atoms with van der Waals surface area (Å²) >= 11 is 1.29. The van der Waals surface area contributed by atoms with Crippen LogP contribution in [0.1, 0.15) is 39.0 Å². The summed E-state index contributed by atoms with van der Waals surface area (Å²) in [5, 5.41) is 15.5. The summed E-state index contributed by atoms with van der Waals surface area (Å²) in [6, 6.07) is 6.95. The van der Waals surface area contributed by atoms with Gasteiger partial charge in [0.1, 0.15) is 5.54 Å². The third kappa shape index (κ3) is 4.27. The van der Waals surface area contributed by atoms with Gasteiger partial charge in [0.25, 0.3) is 0 Å². The van der Waals surface area contributed by atoms with Crippen LogP contribution in [0.3, 0.4) is 0 Å². The Kier molecular flexibility index (Phi) is 6.22.